The number of esters is 1. The SMILES string of the molecule is C=CCOC(C)C(=O)OCC(=O)N1CCCC1c1ccc(OC)cc1. The molecule has 0 spiro atoms. The molecule has 2 atom stereocenters. The Morgan fingerprint density at radius 2 is 2.08 bits per heavy atom. The third-order valence-electron chi connectivity index (χ3n) is 4.21. The minimum absolute atomic E-state index is 0.00606. The van der Waals surface area contributed by atoms with Gasteiger partial charge in [0.05, 0.1) is 19.8 Å². The molecule has 0 aromatic heterocycles. The van der Waals surface area contributed by atoms with Gasteiger partial charge in [-0.1, -0.05) is 18.2 Å². The Bertz CT molecular complexity index is 598. The molecule has 2 unspecified atom stereocenters. The summed E-state index contributed by atoms with van der Waals surface area (Å²) in [6.07, 6.45) is 2.65. The van der Waals surface area contributed by atoms with Gasteiger partial charge in [-0.25, -0.2) is 4.79 Å². The summed E-state index contributed by atoms with van der Waals surface area (Å²) in [5.41, 5.74) is 1.06. The minimum atomic E-state index is -0.721. The van der Waals surface area contributed by atoms with E-state index in [9.17, 15) is 9.59 Å². The Hall–Kier alpha value is -2.34. The number of ether oxygens (including phenoxy) is 3. The molecule has 1 saturated heterocycles. The molecule has 1 aromatic carbocycles. The lowest BCUT2D eigenvalue weighted by Gasteiger charge is -2.25. The van der Waals surface area contributed by atoms with E-state index in [1.54, 1.807) is 25.0 Å². The fourth-order valence-electron chi connectivity index (χ4n) is 2.85. The van der Waals surface area contributed by atoms with Crippen LogP contribution in [0.5, 0.6) is 5.75 Å². The number of nitrogens with zero attached hydrogens (tertiary/aromatic N) is 1. The summed E-state index contributed by atoms with van der Waals surface area (Å²) in [6.45, 7) is 5.76. The van der Waals surface area contributed by atoms with Gasteiger partial charge in [0, 0.05) is 6.54 Å². The molecule has 0 bridgehead atoms. The number of likely N-dealkylation sites (tertiary alicyclic amines) is 1. The van der Waals surface area contributed by atoms with Crippen LogP contribution in [0.4, 0.5) is 0 Å². The number of carbonyl (C=O) groups is 2. The first-order chi connectivity index (χ1) is 12.1. The van der Waals surface area contributed by atoms with Crippen LogP contribution in [0.25, 0.3) is 0 Å². The normalized spacial score (nSPS) is 17.8. The lowest BCUT2D eigenvalue weighted by Crippen LogP contribution is -2.35. The zero-order valence-corrected chi connectivity index (χ0v) is 14.8. The molecule has 1 aliphatic heterocycles. The van der Waals surface area contributed by atoms with Gasteiger partial charge in [-0.05, 0) is 37.5 Å². The predicted molar refractivity (Wildman–Crippen MR) is 93.3 cm³/mol. The number of benzene rings is 1. The molecule has 1 aliphatic rings. The van der Waals surface area contributed by atoms with E-state index in [0.29, 0.717) is 6.54 Å². The van der Waals surface area contributed by atoms with Gasteiger partial charge in [0.2, 0.25) is 0 Å². The molecule has 0 saturated carbocycles. The summed E-state index contributed by atoms with van der Waals surface area (Å²) in [7, 11) is 1.62. The number of carbonyl (C=O) groups excluding carboxylic acids is 2. The van der Waals surface area contributed by atoms with Crippen LogP contribution in [0.15, 0.2) is 36.9 Å². The molecule has 6 heteroatoms. The molecule has 0 radical (unpaired) electrons. The maximum absolute atomic E-state index is 12.5. The van der Waals surface area contributed by atoms with Gasteiger partial charge in [0.25, 0.3) is 5.91 Å². The Balaban J connectivity index is 1.91. The number of methoxy groups -OCH3 is 1. The first-order valence-electron chi connectivity index (χ1n) is 8.39. The van der Waals surface area contributed by atoms with Gasteiger partial charge in [0.1, 0.15) is 5.75 Å². The first-order valence-corrected chi connectivity index (χ1v) is 8.39. The summed E-state index contributed by atoms with van der Waals surface area (Å²) in [5.74, 6) is 0.0417. The van der Waals surface area contributed by atoms with Gasteiger partial charge in [0.15, 0.2) is 12.7 Å². The molecule has 6 nitrogen and oxygen atoms in total. The molecule has 2 rings (SSSR count). The van der Waals surface area contributed by atoms with E-state index < -0.39 is 12.1 Å². The van der Waals surface area contributed by atoms with Crippen molar-refractivity contribution in [3.63, 3.8) is 0 Å². The second-order valence-electron chi connectivity index (χ2n) is 5.89. The van der Waals surface area contributed by atoms with E-state index in [1.807, 2.05) is 24.3 Å². The highest BCUT2D eigenvalue weighted by molar-refractivity contribution is 5.82. The highest BCUT2D eigenvalue weighted by atomic mass is 16.6. The maximum atomic E-state index is 12.5. The Labute approximate surface area is 148 Å². The standard InChI is InChI=1S/C19H25NO5/c1-4-12-24-14(2)19(22)25-13-18(21)20-11-5-6-17(20)15-7-9-16(23-3)10-8-15/h4,7-10,14,17H,1,5-6,11-13H2,2-3H3. The zero-order chi connectivity index (χ0) is 18.2. The van der Waals surface area contributed by atoms with Crippen molar-refractivity contribution in [3.8, 4) is 5.75 Å². The number of amides is 1. The van der Waals surface area contributed by atoms with Crippen LogP contribution in [0.2, 0.25) is 0 Å². The van der Waals surface area contributed by atoms with Crippen molar-refractivity contribution < 1.29 is 23.8 Å². The molecule has 0 N–H and O–H groups in total. The maximum Gasteiger partial charge on any atom is 0.335 e. The topological polar surface area (TPSA) is 65.1 Å². The van der Waals surface area contributed by atoms with Gasteiger partial charge in [-0.3, -0.25) is 4.79 Å². The van der Waals surface area contributed by atoms with Crippen molar-refractivity contribution in [2.75, 3.05) is 26.9 Å². The third kappa shape index (κ3) is 5.06. The smallest absolute Gasteiger partial charge is 0.335 e. The summed E-state index contributed by atoms with van der Waals surface area (Å²) in [6, 6.07) is 7.70. The van der Waals surface area contributed by atoms with Crippen molar-refractivity contribution in [2.24, 2.45) is 0 Å². The lowest BCUT2D eigenvalue weighted by molar-refractivity contribution is -0.160. The lowest BCUT2D eigenvalue weighted by atomic mass is 10.0. The fraction of sp³-hybridized carbons (Fsp3) is 0.474. The summed E-state index contributed by atoms with van der Waals surface area (Å²) in [5, 5.41) is 0. The number of hydrogen-bond acceptors (Lipinski definition) is 5. The highest BCUT2D eigenvalue weighted by Gasteiger charge is 2.30. The van der Waals surface area contributed by atoms with Crippen molar-refractivity contribution in [1.82, 2.24) is 4.90 Å². The van der Waals surface area contributed by atoms with Crippen LogP contribution >= 0.6 is 0 Å². The summed E-state index contributed by atoms with van der Waals surface area (Å²) in [4.78, 5) is 26.1. The molecular weight excluding hydrogens is 322 g/mol. The fourth-order valence-corrected chi connectivity index (χ4v) is 2.85. The zero-order valence-electron chi connectivity index (χ0n) is 14.8. The average molecular weight is 347 g/mol. The first kappa shape index (κ1) is 19.0. The van der Waals surface area contributed by atoms with Gasteiger partial charge in [-0.15, -0.1) is 6.58 Å². The van der Waals surface area contributed by atoms with Gasteiger partial charge in [-0.2, -0.15) is 0 Å². The highest BCUT2D eigenvalue weighted by Crippen LogP contribution is 2.32. The van der Waals surface area contributed by atoms with Crippen molar-refractivity contribution in [2.45, 2.75) is 31.9 Å². The second kappa shape index (κ2) is 9.22. The van der Waals surface area contributed by atoms with Gasteiger partial charge < -0.3 is 19.1 Å². The van der Waals surface area contributed by atoms with E-state index in [1.165, 1.54) is 0 Å². The van der Waals surface area contributed by atoms with E-state index in [-0.39, 0.29) is 25.2 Å². The van der Waals surface area contributed by atoms with E-state index in [4.69, 9.17) is 14.2 Å². The Morgan fingerprint density at radius 1 is 1.36 bits per heavy atom. The summed E-state index contributed by atoms with van der Waals surface area (Å²) < 4.78 is 15.4. The molecule has 1 heterocycles. The quantitative estimate of drug-likeness (QED) is 0.534. The molecule has 25 heavy (non-hydrogen) atoms. The predicted octanol–water partition coefficient (Wildman–Crippen LogP) is 2.49. The van der Waals surface area contributed by atoms with Crippen LogP contribution < -0.4 is 4.74 Å². The Kier molecular flexibility index (Phi) is 7.01. The van der Waals surface area contributed by atoms with Crippen molar-refractivity contribution >= 4 is 11.9 Å². The van der Waals surface area contributed by atoms with E-state index in [0.717, 1.165) is 24.2 Å². The van der Waals surface area contributed by atoms with E-state index in [2.05, 4.69) is 6.58 Å². The van der Waals surface area contributed by atoms with Gasteiger partial charge >= 0.3 is 5.97 Å². The molecule has 1 amide bonds. The van der Waals surface area contributed by atoms with Crippen LogP contribution in [0.3, 0.4) is 0 Å². The summed E-state index contributed by atoms with van der Waals surface area (Å²) >= 11 is 0. The Morgan fingerprint density at radius 3 is 2.72 bits per heavy atom. The van der Waals surface area contributed by atoms with Crippen molar-refractivity contribution in [1.29, 1.82) is 0 Å². The number of rotatable bonds is 8. The molecule has 136 valence electrons. The molecule has 1 fully saturated rings. The monoisotopic (exact) mass is 347 g/mol. The molecular formula is C19H25NO5. The van der Waals surface area contributed by atoms with Crippen molar-refractivity contribution in [3.05, 3.63) is 42.5 Å². The molecule has 0 aliphatic carbocycles. The van der Waals surface area contributed by atoms with Crippen LogP contribution in [0.1, 0.15) is 31.4 Å². The van der Waals surface area contributed by atoms with Crippen LogP contribution in [0, 0.1) is 0 Å². The third-order valence-corrected chi connectivity index (χ3v) is 4.21. The second-order valence-corrected chi connectivity index (χ2v) is 5.89. The largest absolute Gasteiger partial charge is 0.497 e. The van der Waals surface area contributed by atoms with Crippen LogP contribution in [-0.4, -0.2) is 49.7 Å². The number of hydrogen-bond donors (Lipinski definition) is 0. The van der Waals surface area contributed by atoms with E-state index >= 15 is 0 Å². The van der Waals surface area contributed by atoms with Crippen LogP contribution in [-0.2, 0) is 19.1 Å². The minimum Gasteiger partial charge on any atom is -0.497 e. The molecule has 1 aromatic rings. The average Bonchev–Trinajstić information content (AvgIpc) is 3.13.